The van der Waals surface area contributed by atoms with Crippen molar-refractivity contribution in [2.75, 3.05) is 27.2 Å². The van der Waals surface area contributed by atoms with Gasteiger partial charge >= 0.3 is 0 Å². The summed E-state index contributed by atoms with van der Waals surface area (Å²) in [6.07, 6.45) is 1.11. The molecule has 0 aromatic rings. The van der Waals surface area contributed by atoms with Gasteiger partial charge in [0.1, 0.15) is 0 Å². The van der Waals surface area contributed by atoms with Crippen LogP contribution in [-0.2, 0) is 4.79 Å². The van der Waals surface area contributed by atoms with Crippen LogP contribution in [0.25, 0.3) is 0 Å². The lowest BCUT2D eigenvalue weighted by atomic mass is 10.0. The van der Waals surface area contributed by atoms with E-state index in [0.717, 1.165) is 13.0 Å². The number of nitrogens with two attached hydrogens (primary N) is 1. The monoisotopic (exact) mass is 229 g/mol. The molecule has 0 spiro atoms. The molecular weight excluding hydrogens is 202 g/mol. The topological polar surface area (TPSA) is 58.4 Å². The lowest BCUT2D eigenvalue weighted by Crippen LogP contribution is -2.43. The van der Waals surface area contributed by atoms with E-state index in [1.807, 2.05) is 6.92 Å². The Morgan fingerprint density at radius 3 is 2.25 bits per heavy atom. The average Bonchev–Trinajstić information content (AvgIpc) is 2.11. The first-order chi connectivity index (χ1) is 7.32. The molecule has 0 heterocycles. The van der Waals surface area contributed by atoms with Crippen molar-refractivity contribution >= 4 is 5.91 Å². The first-order valence-electron chi connectivity index (χ1n) is 6.00. The summed E-state index contributed by atoms with van der Waals surface area (Å²) in [6, 6.07) is 0.428. The third-order valence-electron chi connectivity index (χ3n) is 2.54. The number of hydrogen-bond donors (Lipinski definition) is 2. The largest absolute Gasteiger partial charge is 0.369 e. The van der Waals surface area contributed by atoms with Crippen LogP contribution < -0.4 is 11.1 Å². The Bertz CT molecular complexity index is 194. The predicted molar refractivity (Wildman–Crippen MR) is 68.2 cm³/mol. The molecule has 1 amide bonds. The van der Waals surface area contributed by atoms with Gasteiger partial charge in [-0.15, -0.1) is 0 Å². The fourth-order valence-electron chi connectivity index (χ4n) is 1.68. The molecule has 0 aliphatic heterocycles. The van der Waals surface area contributed by atoms with Gasteiger partial charge in [-0.05, 0) is 26.4 Å². The third-order valence-corrected chi connectivity index (χ3v) is 2.54. The Morgan fingerprint density at radius 2 is 1.88 bits per heavy atom. The number of primary amides is 1. The van der Waals surface area contributed by atoms with Crippen molar-refractivity contribution in [1.29, 1.82) is 0 Å². The predicted octanol–water partition coefficient (Wildman–Crippen LogP) is 0.674. The lowest BCUT2D eigenvalue weighted by molar-refractivity contribution is -0.121. The van der Waals surface area contributed by atoms with Gasteiger partial charge in [0, 0.05) is 25.0 Å². The van der Waals surface area contributed by atoms with E-state index in [9.17, 15) is 4.79 Å². The SMILES string of the molecule is CC(C)CC(CN(C)C)NCC(C)C(N)=O. The van der Waals surface area contributed by atoms with E-state index in [4.69, 9.17) is 5.73 Å². The molecule has 2 atom stereocenters. The fourth-order valence-corrected chi connectivity index (χ4v) is 1.68. The summed E-state index contributed by atoms with van der Waals surface area (Å²) in [7, 11) is 4.12. The summed E-state index contributed by atoms with van der Waals surface area (Å²) in [4.78, 5) is 13.1. The van der Waals surface area contributed by atoms with Crippen LogP contribution in [-0.4, -0.2) is 44.0 Å². The summed E-state index contributed by atoms with van der Waals surface area (Å²) in [5.74, 6) is 0.318. The van der Waals surface area contributed by atoms with Crippen LogP contribution in [0.15, 0.2) is 0 Å². The van der Waals surface area contributed by atoms with Crippen molar-refractivity contribution in [2.24, 2.45) is 17.6 Å². The summed E-state index contributed by atoms with van der Waals surface area (Å²) >= 11 is 0. The number of likely N-dealkylation sites (N-methyl/N-ethyl adjacent to an activating group) is 1. The minimum Gasteiger partial charge on any atom is -0.369 e. The molecule has 0 radical (unpaired) electrons. The van der Waals surface area contributed by atoms with Crippen molar-refractivity contribution in [3.8, 4) is 0 Å². The maximum atomic E-state index is 10.9. The highest BCUT2D eigenvalue weighted by Gasteiger charge is 2.14. The molecule has 0 rings (SSSR count). The first kappa shape index (κ1) is 15.4. The summed E-state index contributed by atoms with van der Waals surface area (Å²) in [6.45, 7) is 7.94. The van der Waals surface area contributed by atoms with Crippen LogP contribution in [0, 0.1) is 11.8 Å². The Kier molecular flexibility index (Phi) is 7.34. The van der Waals surface area contributed by atoms with Gasteiger partial charge in [0.25, 0.3) is 0 Å². The number of hydrogen-bond acceptors (Lipinski definition) is 3. The molecule has 0 aromatic carbocycles. The Hall–Kier alpha value is -0.610. The zero-order valence-electron chi connectivity index (χ0n) is 11.3. The zero-order chi connectivity index (χ0) is 12.7. The van der Waals surface area contributed by atoms with E-state index in [1.54, 1.807) is 0 Å². The second-order valence-electron chi connectivity index (χ2n) is 5.30. The normalized spacial score (nSPS) is 15.4. The lowest BCUT2D eigenvalue weighted by Gasteiger charge is -2.25. The van der Waals surface area contributed by atoms with Gasteiger partial charge in [-0.2, -0.15) is 0 Å². The third kappa shape index (κ3) is 7.65. The highest BCUT2D eigenvalue weighted by Crippen LogP contribution is 2.06. The van der Waals surface area contributed by atoms with E-state index in [1.165, 1.54) is 0 Å². The first-order valence-corrected chi connectivity index (χ1v) is 6.00. The van der Waals surface area contributed by atoms with Gasteiger partial charge in [0.15, 0.2) is 0 Å². The number of carbonyl (C=O) groups excluding carboxylic acids is 1. The summed E-state index contributed by atoms with van der Waals surface area (Å²) < 4.78 is 0. The standard InChI is InChI=1S/C12H27N3O/c1-9(2)6-11(8-15(4)5)14-7-10(3)12(13)16/h9-11,14H,6-8H2,1-5H3,(H2,13,16). The number of amides is 1. The van der Waals surface area contributed by atoms with Crippen molar-refractivity contribution < 1.29 is 4.79 Å². The molecule has 0 aliphatic rings. The van der Waals surface area contributed by atoms with Crippen LogP contribution in [0.2, 0.25) is 0 Å². The molecule has 3 N–H and O–H groups in total. The van der Waals surface area contributed by atoms with Crippen LogP contribution in [0.5, 0.6) is 0 Å². The quantitative estimate of drug-likeness (QED) is 0.643. The summed E-state index contributed by atoms with van der Waals surface area (Å²) in [5, 5.41) is 3.42. The fraction of sp³-hybridized carbons (Fsp3) is 0.917. The van der Waals surface area contributed by atoms with Gasteiger partial charge in [0.2, 0.25) is 5.91 Å². The molecule has 0 aliphatic carbocycles. The van der Waals surface area contributed by atoms with Gasteiger partial charge in [-0.3, -0.25) is 4.79 Å². The van der Waals surface area contributed by atoms with E-state index >= 15 is 0 Å². The van der Waals surface area contributed by atoms with Crippen LogP contribution >= 0.6 is 0 Å². The molecule has 16 heavy (non-hydrogen) atoms. The van der Waals surface area contributed by atoms with Crippen molar-refractivity contribution in [2.45, 2.75) is 33.2 Å². The Morgan fingerprint density at radius 1 is 1.31 bits per heavy atom. The molecule has 0 fully saturated rings. The highest BCUT2D eigenvalue weighted by molar-refractivity contribution is 5.76. The minimum absolute atomic E-state index is 0.100. The molecule has 96 valence electrons. The molecule has 4 nitrogen and oxygen atoms in total. The second kappa shape index (κ2) is 7.63. The highest BCUT2D eigenvalue weighted by atomic mass is 16.1. The summed E-state index contributed by atoms with van der Waals surface area (Å²) in [5.41, 5.74) is 5.24. The van der Waals surface area contributed by atoms with Gasteiger partial charge < -0.3 is 16.0 Å². The number of carbonyl (C=O) groups is 1. The van der Waals surface area contributed by atoms with Crippen LogP contribution in [0.4, 0.5) is 0 Å². The molecule has 0 bridgehead atoms. The maximum absolute atomic E-state index is 10.9. The molecular formula is C12H27N3O. The molecule has 0 saturated carbocycles. The second-order valence-corrected chi connectivity index (χ2v) is 5.30. The smallest absolute Gasteiger partial charge is 0.221 e. The number of rotatable bonds is 8. The van der Waals surface area contributed by atoms with E-state index in [0.29, 0.717) is 18.5 Å². The molecule has 0 aromatic heterocycles. The minimum atomic E-state index is -0.236. The van der Waals surface area contributed by atoms with Crippen molar-refractivity contribution in [3.63, 3.8) is 0 Å². The van der Waals surface area contributed by atoms with E-state index in [2.05, 4.69) is 38.2 Å². The number of nitrogens with one attached hydrogen (secondary N) is 1. The van der Waals surface area contributed by atoms with E-state index in [-0.39, 0.29) is 11.8 Å². The van der Waals surface area contributed by atoms with Gasteiger partial charge in [-0.1, -0.05) is 20.8 Å². The molecule has 4 heteroatoms. The average molecular weight is 229 g/mol. The van der Waals surface area contributed by atoms with Gasteiger partial charge in [0.05, 0.1) is 0 Å². The van der Waals surface area contributed by atoms with Crippen molar-refractivity contribution in [3.05, 3.63) is 0 Å². The van der Waals surface area contributed by atoms with Gasteiger partial charge in [-0.25, -0.2) is 0 Å². The zero-order valence-corrected chi connectivity index (χ0v) is 11.3. The Labute approximate surface area is 99.6 Å². The van der Waals surface area contributed by atoms with Crippen LogP contribution in [0.1, 0.15) is 27.2 Å². The maximum Gasteiger partial charge on any atom is 0.221 e. The van der Waals surface area contributed by atoms with E-state index < -0.39 is 0 Å². The molecule has 0 saturated heterocycles. The number of nitrogens with zero attached hydrogens (tertiary/aromatic N) is 1. The van der Waals surface area contributed by atoms with Crippen molar-refractivity contribution in [1.82, 2.24) is 10.2 Å². The molecule has 2 unspecified atom stereocenters. The Balaban J connectivity index is 4.05. The van der Waals surface area contributed by atoms with Crippen LogP contribution in [0.3, 0.4) is 0 Å².